The van der Waals surface area contributed by atoms with Crippen LogP contribution in [0.3, 0.4) is 0 Å². The number of benzene rings is 1. The van der Waals surface area contributed by atoms with E-state index in [1.807, 2.05) is 19.2 Å². The second kappa shape index (κ2) is 7.00. The summed E-state index contributed by atoms with van der Waals surface area (Å²) in [4.78, 5) is 6.59. The van der Waals surface area contributed by atoms with Crippen molar-refractivity contribution in [1.82, 2.24) is 15.0 Å². The van der Waals surface area contributed by atoms with Gasteiger partial charge in [0.15, 0.2) is 17.3 Å². The lowest BCUT2D eigenvalue weighted by molar-refractivity contribution is 0.171. The van der Waals surface area contributed by atoms with Crippen molar-refractivity contribution in [1.29, 1.82) is 0 Å². The Labute approximate surface area is 136 Å². The molecule has 1 aliphatic heterocycles. The maximum Gasteiger partial charge on any atom is 0.226 e. The van der Waals surface area contributed by atoms with E-state index in [1.165, 1.54) is 5.56 Å². The molecule has 6 heteroatoms. The molecule has 0 N–H and O–H groups in total. The summed E-state index contributed by atoms with van der Waals surface area (Å²) in [5, 5.41) is 4.05. The van der Waals surface area contributed by atoms with E-state index in [0.717, 1.165) is 30.3 Å². The SMILES string of the molecule is CC(C)Cc1nc(CN(C)Cc2ccc3c(c2)OCCO3)no1. The Balaban J connectivity index is 1.58. The van der Waals surface area contributed by atoms with Crippen molar-refractivity contribution in [2.75, 3.05) is 20.3 Å². The molecule has 1 aromatic carbocycles. The summed E-state index contributed by atoms with van der Waals surface area (Å²) in [5.74, 6) is 3.59. The maximum atomic E-state index is 5.62. The first kappa shape index (κ1) is 15.8. The van der Waals surface area contributed by atoms with Crippen LogP contribution in [0.15, 0.2) is 22.7 Å². The number of ether oxygens (including phenoxy) is 2. The topological polar surface area (TPSA) is 60.6 Å². The Bertz CT molecular complexity index is 654. The van der Waals surface area contributed by atoms with E-state index in [1.54, 1.807) is 0 Å². The van der Waals surface area contributed by atoms with Crippen molar-refractivity contribution in [3.63, 3.8) is 0 Å². The predicted molar refractivity (Wildman–Crippen MR) is 85.4 cm³/mol. The lowest BCUT2D eigenvalue weighted by atomic mass is 10.1. The molecule has 0 saturated heterocycles. The molecule has 3 rings (SSSR count). The van der Waals surface area contributed by atoms with Crippen LogP contribution in [0.5, 0.6) is 11.5 Å². The van der Waals surface area contributed by atoms with Crippen molar-refractivity contribution in [2.24, 2.45) is 5.92 Å². The third kappa shape index (κ3) is 4.22. The Morgan fingerprint density at radius 2 is 1.91 bits per heavy atom. The fourth-order valence-electron chi connectivity index (χ4n) is 2.58. The zero-order chi connectivity index (χ0) is 16.2. The molecular formula is C17H23N3O3. The van der Waals surface area contributed by atoms with Crippen molar-refractivity contribution >= 4 is 0 Å². The lowest BCUT2D eigenvalue weighted by Crippen LogP contribution is -2.19. The van der Waals surface area contributed by atoms with Gasteiger partial charge in [0.2, 0.25) is 5.89 Å². The molecule has 6 nitrogen and oxygen atoms in total. The highest BCUT2D eigenvalue weighted by Crippen LogP contribution is 2.31. The summed E-state index contributed by atoms with van der Waals surface area (Å²) < 4.78 is 16.4. The average molecular weight is 317 g/mol. The molecule has 0 aliphatic carbocycles. The molecule has 0 spiro atoms. The molecule has 0 bridgehead atoms. The van der Waals surface area contributed by atoms with Gasteiger partial charge in [0.25, 0.3) is 0 Å². The van der Waals surface area contributed by atoms with Gasteiger partial charge in [-0.15, -0.1) is 0 Å². The van der Waals surface area contributed by atoms with Crippen LogP contribution in [-0.2, 0) is 19.5 Å². The third-order valence-corrected chi connectivity index (χ3v) is 3.56. The van der Waals surface area contributed by atoms with E-state index in [-0.39, 0.29) is 0 Å². The molecule has 0 saturated carbocycles. The summed E-state index contributed by atoms with van der Waals surface area (Å²) in [6.07, 6.45) is 0.818. The molecule has 0 amide bonds. The molecule has 0 unspecified atom stereocenters. The van der Waals surface area contributed by atoms with Gasteiger partial charge in [0.05, 0.1) is 6.54 Å². The minimum atomic E-state index is 0.513. The van der Waals surface area contributed by atoms with Crippen molar-refractivity contribution in [3.8, 4) is 11.5 Å². The Kier molecular flexibility index (Phi) is 4.81. The summed E-state index contributed by atoms with van der Waals surface area (Å²) in [7, 11) is 2.04. The van der Waals surface area contributed by atoms with Gasteiger partial charge in [-0.1, -0.05) is 25.1 Å². The van der Waals surface area contributed by atoms with E-state index in [2.05, 4.69) is 35.0 Å². The van der Waals surface area contributed by atoms with Gasteiger partial charge in [0.1, 0.15) is 13.2 Å². The summed E-state index contributed by atoms with van der Waals surface area (Å²) in [6.45, 7) is 6.92. The largest absolute Gasteiger partial charge is 0.486 e. The standard InChI is InChI=1S/C17H23N3O3/c1-12(2)8-17-18-16(19-23-17)11-20(3)10-13-4-5-14-15(9-13)22-7-6-21-14/h4-5,9,12H,6-8,10-11H2,1-3H3. The fourth-order valence-corrected chi connectivity index (χ4v) is 2.58. The zero-order valence-electron chi connectivity index (χ0n) is 13.9. The number of fused-ring (bicyclic) bond motifs is 1. The average Bonchev–Trinajstić information content (AvgIpc) is 2.93. The Morgan fingerprint density at radius 1 is 1.13 bits per heavy atom. The van der Waals surface area contributed by atoms with Crippen LogP contribution in [0, 0.1) is 5.92 Å². The van der Waals surface area contributed by atoms with Crippen LogP contribution in [0.1, 0.15) is 31.1 Å². The lowest BCUT2D eigenvalue weighted by Gasteiger charge is -2.20. The van der Waals surface area contributed by atoms with Crippen molar-refractivity contribution in [2.45, 2.75) is 33.4 Å². The summed E-state index contributed by atoms with van der Waals surface area (Å²) in [5.41, 5.74) is 1.17. The van der Waals surface area contributed by atoms with Crippen LogP contribution in [-0.4, -0.2) is 35.3 Å². The van der Waals surface area contributed by atoms with E-state index >= 15 is 0 Å². The van der Waals surface area contributed by atoms with E-state index in [0.29, 0.717) is 31.6 Å². The van der Waals surface area contributed by atoms with Crippen LogP contribution in [0.2, 0.25) is 0 Å². The molecule has 1 aliphatic rings. The normalized spacial score (nSPS) is 13.8. The monoisotopic (exact) mass is 317 g/mol. The number of rotatable bonds is 6. The highest BCUT2D eigenvalue weighted by Gasteiger charge is 2.14. The number of nitrogens with zero attached hydrogens (tertiary/aromatic N) is 3. The van der Waals surface area contributed by atoms with E-state index in [4.69, 9.17) is 14.0 Å². The molecule has 2 aromatic rings. The highest BCUT2D eigenvalue weighted by atomic mass is 16.6. The van der Waals surface area contributed by atoms with Crippen molar-refractivity contribution < 1.29 is 14.0 Å². The molecule has 1 aromatic heterocycles. The summed E-state index contributed by atoms with van der Waals surface area (Å²) in [6, 6.07) is 6.06. The fraction of sp³-hybridized carbons (Fsp3) is 0.529. The second-order valence-electron chi connectivity index (χ2n) is 6.35. The highest BCUT2D eigenvalue weighted by molar-refractivity contribution is 5.43. The van der Waals surface area contributed by atoms with Crippen LogP contribution >= 0.6 is 0 Å². The Morgan fingerprint density at radius 3 is 2.70 bits per heavy atom. The zero-order valence-corrected chi connectivity index (χ0v) is 13.9. The van der Waals surface area contributed by atoms with Gasteiger partial charge in [-0.2, -0.15) is 4.98 Å². The van der Waals surface area contributed by atoms with Gasteiger partial charge in [-0.25, -0.2) is 0 Å². The van der Waals surface area contributed by atoms with Gasteiger partial charge >= 0.3 is 0 Å². The van der Waals surface area contributed by atoms with Crippen molar-refractivity contribution in [3.05, 3.63) is 35.5 Å². The van der Waals surface area contributed by atoms with Crippen LogP contribution in [0.4, 0.5) is 0 Å². The number of aromatic nitrogens is 2. The smallest absolute Gasteiger partial charge is 0.226 e. The minimum Gasteiger partial charge on any atom is -0.486 e. The van der Waals surface area contributed by atoms with Gasteiger partial charge in [-0.3, -0.25) is 4.90 Å². The second-order valence-corrected chi connectivity index (χ2v) is 6.35. The van der Waals surface area contributed by atoms with Crippen LogP contribution in [0.25, 0.3) is 0 Å². The van der Waals surface area contributed by atoms with Gasteiger partial charge in [0, 0.05) is 13.0 Å². The minimum absolute atomic E-state index is 0.513. The van der Waals surface area contributed by atoms with Crippen LogP contribution < -0.4 is 9.47 Å². The van der Waals surface area contributed by atoms with Gasteiger partial charge < -0.3 is 14.0 Å². The molecule has 2 heterocycles. The Hall–Kier alpha value is -2.08. The molecule has 124 valence electrons. The van der Waals surface area contributed by atoms with E-state index < -0.39 is 0 Å². The molecular weight excluding hydrogens is 294 g/mol. The molecule has 0 atom stereocenters. The summed E-state index contributed by atoms with van der Waals surface area (Å²) >= 11 is 0. The predicted octanol–water partition coefficient (Wildman–Crippen LogP) is 2.67. The van der Waals surface area contributed by atoms with E-state index in [9.17, 15) is 0 Å². The molecule has 0 radical (unpaired) electrons. The number of hydrogen-bond donors (Lipinski definition) is 0. The molecule has 0 fully saturated rings. The first-order valence-electron chi connectivity index (χ1n) is 7.98. The number of hydrogen-bond acceptors (Lipinski definition) is 6. The van der Waals surface area contributed by atoms with Gasteiger partial charge in [-0.05, 0) is 30.7 Å². The third-order valence-electron chi connectivity index (χ3n) is 3.56. The quantitative estimate of drug-likeness (QED) is 0.816. The molecule has 23 heavy (non-hydrogen) atoms. The maximum absolute atomic E-state index is 5.62. The first-order valence-corrected chi connectivity index (χ1v) is 7.98. The first-order chi connectivity index (χ1) is 11.1.